The first-order chi connectivity index (χ1) is 24.3. The Morgan fingerprint density at radius 2 is 1.24 bits per heavy atom. The Morgan fingerprint density at radius 1 is 0.700 bits per heavy atom. The number of allylic oxidation sites excluding steroid dienone is 13. The first-order valence-corrected chi connectivity index (χ1v) is 18.8. The number of ether oxygens (including phenoxy) is 2. The van der Waals surface area contributed by atoms with Crippen molar-refractivity contribution in [3.05, 3.63) is 85.1 Å². The number of rotatable bonds is 28. The number of unbranched alkanes of at least 4 members (excludes halogenated alkanes) is 6. The molecule has 1 aliphatic heterocycles. The minimum atomic E-state index is -1.58. The van der Waals surface area contributed by atoms with Crippen LogP contribution in [-0.4, -0.2) is 87.5 Å². The highest BCUT2D eigenvalue weighted by molar-refractivity contribution is 5.76. The van der Waals surface area contributed by atoms with Gasteiger partial charge in [0.15, 0.2) is 6.29 Å². The summed E-state index contributed by atoms with van der Waals surface area (Å²) in [4.78, 5) is 12.8. The smallest absolute Gasteiger partial charge is 0.220 e. The molecule has 1 fully saturated rings. The zero-order chi connectivity index (χ0) is 36.7. The van der Waals surface area contributed by atoms with Gasteiger partial charge in [0, 0.05) is 6.42 Å². The summed E-state index contributed by atoms with van der Waals surface area (Å²) >= 11 is 0. The van der Waals surface area contributed by atoms with Crippen molar-refractivity contribution in [1.29, 1.82) is 0 Å². The zero-order valence-corrected chi connectivity index (χ0v) is 30.6. The number of carbonyl (C=O) groups is 1. The molecule has 7 atom stereocenters. The molecule has 1 saturated heterocycles. The summed E-state index contributed by atoms with van der Waals surface area (Å²) in [6.45, 7) is 3.50. The molecule has 9 nitrogen and oxygen atoms in total. The van der Waals surface area contributed by atoms with Crippen LogP contribution >= 0.6 is 0 Å². The third-order valence-corrected chi connectivity index (χ3v) is 8.23. The van der Waals surface area contributed by atoms with Crippen molar-refractivity contribution in [3.8, 4) is 0 Å². The van der Waals surface area contributed by atoms with Crippen LogP contribution in [0.1, 0.15) is 110 Å². The average molecular weight is 702 g/mol. The first kappa shape index (κ1) is 45.4. The van der Waals surface area contributed by atoms with E-state index in [0.717, 1.165) is 83.5 Å². The second-order valence-corrected chi connectivity index (χ2v) is 12.6. The Labute approximate surface area is 301 Å². The highest BCUT2D eigenvalue weighted by atomic mass is 16.7. The van der Waals surface area contributed by atoms with Crippen LogP contribution in [0.15, 0.2) is 85.1 Å². The van der Waals surface area contributed by atoms with Gasteiger partial charge in [0.1, 0.15) is 24.4 Å². The first-order valence-electron chi connectivity index (χ1n) is 18.8. The summed E-state index contributed by atoms with van der Waals surface area (Å²) < 4.78 is 11.1. The molecule has 0 aliphatic carbocycles. The summed E-state index contributed by atoms with van der Waals surface area (Å²) in [5, 5.41) is 53.5. The standard InChI is InChI=1S/C41H67NO8/c1-3-5-7-9-11-12-13-14-15-16-17-18-19-20-21-22-23-24-25-27-29-31-37(45)42-34(35(44)30-28-26-10-8-6-4-2)33-49-41-40(48)39(47)38(46)36(32-43)50-41/h5,7,11-12,14-15,17-18,20-21,23-24,28,30,34-36,38-41,43-44,46-48H,3-4,6,8-10,13,16,19,22,25-27,29,31-33H2,1-2H3,(H,42,45)/b7-5-,12-11-,15-14-,18-17-,21-20-,24-23-,30-28+. The maximum absolute atomic E-state index is 12.8. The van der Waals surface area contributed by atoms with Crippen molar-refractivity contribution in [1.82, 2.24) is 5.32 Å². The van der Waals surface area contributed by atoms with Gasteiger partial charge in [-0.05, 0) is 70.6 Å². The van der Waals surface area contributed by atoms with Crippen molar-refractivity contribution >= 4 is 5.91 Å². The number of hydrogen-bond donors (Lipinski definition) is 6. The molecule has 50 heavy (non-hydrogen) atoms. The van der Waals surface area contributed by atoms with E-state index in [1.54, 1.807) is 6.08 Å². The Balaban J connectivity index is 2.39. The van der Waals surface area contributed by atoms with Crippen LogP contribution in [0.2, 0.25) is 0 Å². The lowest BCUT2D eigenvalue weighted by molar-refractivity contribution is -0.302. The van der Waals surface area contributed by atoms with Crippen LogP contribution in [0.3, 0.4) is 0 Å². The largest absolute Gasteiger partial charge is 0.394 e. The number of amides is 1. The fourth-order valence-corrected chi connectivity index (χ4v) is 5.15. The molecule has 0 radical (unpaired) electrons. The van der Waals surface area contributed by atoms with Gasteiger partial charge in [-0.2, -0.15) is 0 Å². The van der Waals surface area contributed by atoms with E-state index in [2.05, 4.69) is 92.1 Å². The normalized spacial score (nSPS) is 23.2. The van der Waals surface area contributed by atoms with Gasteiger partial charge in [0.05, 0.1) is 25.4 Å². The van der Waals surface area contributed by atoms with Crippen molar-refractivity contribution < 1.29 is 39.8 Å². The van der Waals surface area contributed by atoms with Crippen LogP contribution in [0.5, 0.6) is 0 Å². The SMILES string of the molecule is CC/C=C\C/C=C\C/C=C\C/C=C\C/C=C\C/C=C\CCCCC(=O)NC(COC1OC(CO)C(O)C(O)C1O)C(O)/C=C/CCCCCC. The van der Waals surface area contributed by atoms with E-state index in [4.69, 9.17) is 9.47 Å². The maximum Gasteiger partial charge on any atom is 0.220 e. The Hall–Kier alpha value is -2.63. The second kappa shape index (κ2) is 31.1. The predicted molar refractivity (Wildman–Crippen MR) is 202 cm³/mol. The molecule has 1 rings (SSSR count). The lowest BCUT2D eigenvalue weighted by Gasteiger charge is -2.40. The Kier molecular flexibility index (Phi) is 28.3. The fourth-order valence-electron chi connectivity index (χ4n) is 5.15. The van der Waals surface area contributed by atoms with Crippen LogP contribution in [-0.2, 0) is 14.3 Å². The topological polar surface area (TPSA) is 149 Å². The lowest BCUT2D eigenvalue weighted by Crippen LogP contribution is -2.60. The van der Waals surface area contributed by atoms with E-state index < -0.39 is 49.5 Å². The molecule has 0 bridgehead atoms. The summed E-state index contributed by atoms with van der Waals surface area (Å²) in [6.07, 6.45) is 35.2. The van der Waals surface area contributed by atoms with Crippen molar-refractivity contribution in [3.63, 3.8) is 0 Å². The lowest BCUT2D eigenvalue weighted by atomic mass is 9.99. The van der Waals surface area contributed by atoms with Gasteiger partial charge in [0.25, 0.3) is 0 Å². The van der Waals surface area contributed by atoms with Crippen LogP contribution in [0.25, 0.3) is 0 Å². The fraction of sp³-hybridized carbons (Fsp3) is 0.634. The maximum atomic E-state index is 12.8. The van der Waals surface area contributed by atoms with E-state index in [1.165, 1.54) is 0 Å². The van der Waals surface area contributed by atoms with Crippen LogP contribution in [0.4, 0.5) is 0 Å². The predicted octanol–water partition coefficient (Wildman–Crippen LogP) is 6.43. The highest BCUT2D eigenvalue weighted by Gasteiger charge is 2.44. The van der Waals surface area contributed by atoms with Gasteiger partial charge in [-0.3, -0.25) is 4.79 Å². The summed E-state index contributed by atoms with van der Waals surface area (Å²) in [6, 6.07) is -0.829. The summed E-state index contributed by atoms with van der Waals surface area (Å²) in [5.41, 5.74) is 0. The molecule has 1 aliphatic rings. The molecular weight excluding hydrogens is 634 g/mol. The minimum Gasteiger partial charge on any atom is -0.394 e. The quantitative estimate of drug-likeness (QED) is 0.0404. The van der Waals surface area contributed by atoms with Gasteiger partial charge >= 0.3 is 0 Å². The van der Waals surface area contributed by atoms with E-state index >= 15 is 0 Å². The minimum absolute atomic E-state index is 0.214. The average Bonchev–Trinajstić information content (AvgIpc) is 3.11. The van der Waals surface area contributed by atoms with Gasteiger partial charge in [-0.15, -0.1) is 0 Å². The highest BCUT2D eigenvalue weighted by Crippen LogP contribution is 2.22. The number of aliphatic hydroxyl groups excluding tert-OH is 5. The molecule has 0 aromatic carbocycles. The molecule has 1 amide bonds. The monoisotopic (exact) mass is 701 g/mol. The van der Waals surface area contributed by atoms with Gasteiger partial charge in [0.2, 0.25) is 5.91 Å². The Morgan fingerprint density at radius 3 is 1.80 bits per heavy atom. The molecular formula is C41H67NO8. The van der Waals surface area contributed by atoms with E-state index in [9.17, 15) is 30.3 Å². The van der Waals surface area contributed by atoms with E-state index in [1.807, 2.05) is 6.08 Å². The van der Waals surface area contributed by atoms with E-state index in [-0.39, 0.29) is 18.9 Å². The summed E-state index contributed by atoms with van der Waals surface area (Å²) in [5.74, 6) is -0.231. The Bertz CT molecular complexity index is 1050. The molecule has 0 saturated carbocycles. The third-order valence-electron chi connectivity index (χ3n) is 8.23. The van der Waals surface area contributed by atoms with Crippen molar-refractivity contribution in [2.24, 2.45) is 0 Å². The van der Waals surface area contributed by atoms with E-state index in [0.29, 0.717) is 6.42 Å². The van der Waals surface area contributed by atoms with Gasteiger partial charge < -0.3 is 40.3 Å². The molecule has 284 valence electrons. The number of nitrogens with one attached hydrogen (secondary N) is 1. The number of hydrogen-bond acceptors (Lipinski definition) is 8. The molecule has 7 unspecified atom stereocenters. The summed E-state index contributed by atoms with van der Waals surface area (Å²) in [7, 11) is 0. The molecule has 0 aromatic heterocycles. The van der Waals surface area contributed by atoms with Crippen LogP contribution in [0, 0.1) is 0 Å². The number of aliphatic hydroxyl groups is 5. The molecule has 1 heterocycles. The third kappa shape index (κ3) is 22.2. The second-order valence-electron chi connectivity index (χ2n) is 12.6. The zero-order valence-electron chi connectivity index (χ0n) is 30.6. The molecule has 6 N–H and O–H groups in total. The van der Waals surface area contributed by atoms with Gasteiger partial charge in [-0.25, -0.2) is 0 Å². The van der Waals surface area contributed by atoms with Crippen LogP contribution < -0.4 is 5.32 Å². The number of carbonyl (C=O) groups excluding carboxylic acids is 1. The van der Waals surface area contributed by atoms with Gasteiger partial charge in [-0.1, -0.05) is 118 Å². The molecule has 0 spiro atoms. The van der Waals surface area contributed by atoms with Crippen molar-refractivity contribution in [2.45, 2.75) is 153 Å². The molecule has 0 aromatic rings. The van der Waals surface area contributed by atoms with Crippen molar-refractivity contribution in [2.75, 3.05) is 13.2 Å². The molecule has 9 heteroatoms.